The molecule has 3 aromatic rings. The van der Waals surface area contributed by atoms with Gasteiger partial charge < -0.3 is 14.6 Å². The number of benzene rings is 3. The maximum atomic E-state index is 11.5. The first-order chi connectivity index (χ1) is 16.9. The lowest BCUT2D eigenvalue weighted by molar-refractivity contribution is -0.143. The number of fused-ring (bicyclic) bond motifs is 1. The largest absolute Gasteiger partial charge is 0.487 e. The van der Waals surface area contributed by atoms with Crippen LogP contribution in [0.4, 0.5) is 5.69 Å². The zero-order valence-electron chi connectivity index (χ0n) is 19.7. The third-order valence-electron chi connectivity index (χ3n) is 5.83. The third-order valence-corrected chi connectivity index (χ3v) is 7.38. The summed E-state index contributed by atoms with van der Waals surface area (Å²) in [6.07, 6.45) is 1.78. The first-order valence-corrected chi connectivity index (χ1v) is 13.3. The monoisotopic (exact) mass is 500 g/mol. The molecular weight excluding hydrogens is 468 g/mol. The van der Waals surface area contributed by atoms with E-state index in [9.17, 15) is 19.0 Å². The van der Waals surface area contributed by atoms with Crippen LogP contribution in [0.2, 0.25) is 0 Å². The molecule has 1 aliphatic rings. The maximum absolute atomic E-state index is 11.5. The average molecular weight is 501 g/mol. The Morgan fingerprint density at radius 2 is 1.86 bits per heavy atom. The number of rotatable bonds is 10. The van der Waals surface area contributed by atoms with Crippen LogP contribution in [-0.2, 0) is 22.6 Å². The molecule has 1 aliphatic heterocycles. The van der Waals surface area contributed by atoms with Crippen LogP contribution >= 0.6 is 11.0 Å². The Balaban J connectivity index is 1.57. The summed E-state index contributed by atoms with van der Waals surface area (Å²) in [6.45, 7) is 2.54. The van der Waals surface area contributed by atoms with Crippen molar-refractivity contribution in [2.45, 2.75) is 45.4 Å². The molecule has 1 fully saturated rings. The van der Waals surface area contributed by atoms with Crippen molar-refractivity contribution in [2.24, 2.45) is 0 Å². The van der Waals surface area contributed by atoms with E-state index < -0.39 is 17.2 Å². The van der Waals surface area contributed by atoms with E-state index in [1.54, 1.807) is 6.92 Å². The molecule has 4 N–H and O–H groups in total. The van der Waals surface area contributed by atoms with Gasteiger partial charge in [0, 0.05) is 6.42 Å². The Kier molecular flexibility index (Phi) is 8.15. The Bertz CT molecular complexity index is 1160. The smallest absolute Gasteiger partial charge is 0.305 e. The summed E-state index contributed by atoms with van der Waals surface area (Å²) < 4.78 is 36.0. The summed E-state index contributed by atoms with van der Waals surface area (Å²) in [4.78, 5) is 11.5. The molecule has 1 saturated heterocycles. The van der Waals surface area contributed by atoms with Crippen LogP contribution in [0.1, 0.15) is 37.3 Å². The van der Waals surface area contributed by atoms with Gasteiger partial charge in [0.1, 0.15) is 24.3 Å². The van der Waals surface area contributed by atoms with Gasteiger partial charge in [-0.2, -0.15) is 4.72 Å². The van der Waals surface area contributed by atoms with Gasteiger partial charge in [0.15, 0.2) is 0 Å². The number of aliphatic hydroxyl groups excluding tert-OH is 1. The number of carbonyl (C=O) groups is 1. The second-order valence-electron chi connectivity index (χ2n) is 8.50. The number of ether oxygens (including phenoxy) is 2. The number of aryl methyl sites for hydroxylation is 1. The fraction of sp³-hybridized carbons (Fsp3) is 0.346. The van der Waals surface area contributed by atoms with Crippen LogP contribution in [-0.4, -0.2) is 39.6 Å². The van der Waals surface area contributed by atoms with Gasteiger partial charge >= 0.3 is 5.97 Å². The third kappa shape index (κ3) is 6.45. The SMILES string of the molecule is CCOC(=O)CCCCc1ccc2cc(OCc3ccccc3)c(N3CC(O)NS3(O)O)cc2c1. The molecule has 3 aromatic carbocycles. The van der Waals surface area contributed by atoms with Crippen molar-refractivity contribution in [3.8, 4) is 5.75 Å². The number of nitrogens with one attached hydrogen (secondary N) is 1. The number of hydrogen-bond donors (Lipinski definition) is 4. The molecule has 1 unspecified atom stereocenters. The average Bonchev–Trinajstić information content (AvgIpc) is 3.12. The van der Waals surface area contributed by atoms with Crippen molar-refractivity contribution in [3.63, 3.8) is 0 Å². The van der Waals surface area contributed by atoms with Gasteiger partial charge in [-0.25, -0.2) is 0 Å². The first-order valence-electron chi connectivity index (χ1n) is 11.8. The molecule has 0 radical (unpaired) electrons. The maximum Gasteiger partial charge on any atom is 0.305 e. The standard InChI is InChI=1S/C26H32N2O6S/c1-2-33-26(30)11-7-6-8-19-12-13-21-16-24(34-18-20-9-4-3-5-10-20)23(15-22(21)14-19)28-17-25(29)27-35(28,31)32/h3-5,9-10,12-16,25,27,29,31-32H,2,6-8,11,17-18H2,1H3. The molecule has 9 heteroatoms. The van der Waals surface area contributed by atoms with E-state index in [1.807, 2.05) is 48.5 Å². The number of unbranched alkanes of at least 4 members (excludes halogenated alkanes) is 1. The van der Waals surface area contributed by atoms with Crippen molar-refractivity contribution in [3.05, 3.63) is 71.8 Å². The molecule has 8 nitrogen and oxygen atoms in total. The molecule has 1 atom stereocenters. The van der Waals surface area contributed by atoms with Crippen molar-refractivity contribution < 1.29 is 28.5 Å². The summed E-state index contributed by atoms with van der Waals surface area (Å²) in [5, 5.41) is 11.9. The molecule has 0 spiro atoms. The van der Waals surface area contributed by atoms with Gasteiger partial charge in [-0.05, 0) is 60.2 Å². The van der Waals surface area contributed by atoms with E-state index in [1.165, 1.54) is 4.31 Å². The number of hydrogen-bond acceptors (Lipinski definition) is 8. The van der Waals surface area contributed by atoms with Crippen LogP contribution < -0.4 is 13.8 Å². The molecule has 0 bridgehead atoms. The molecule has 1 heterocycles. The second-order valence-corrected chi connectivity index (χ2v) is 10.2. The van der Waals surface area contributed by atoms with Gasteiger partial charge in [-0.3, -0.25) is 18.2 Å². The van der Waals surface area contributed by atoms with Crippen LogP contribution in [0, 0.1) is 0 Å². The Hall–Kier alpha value is -2.82. The number of aliphatic hydroxyl groups is 1. The summed E-state index contributed by atoms with van der Waals surface area (Å²) in [6, 6.07) is 19.6. The second kappa shape index (κ2) is 11.3. The van der Waals surface area contributed by atoms with E-state index in [2.05, 4.69) is 16.9 Å². The highest BCUT2D eigenvalue weighted by molar-refractivity contribution is 8.24. The lowest BCUT2D eigenvalue weighted by atomic mass is 10.0. The number of carbonyl (C=O) groups excluding carboxylic acids is 1. The van der Waals surface area contributed by atoms with Gasteiger partial charge in [-0.15, -0.1) is 0 Å². The minimum absolute atomic E-state index is 0.0170. The van der Waals surface area contributed by atoms with E-state index >= 15 is 0 Å². The zero-order valence-corrected chi connectivity index (χ0v) is 20.5. The molecule has 0 aliphatic carbocycles. The normalized spacial score (nSPS) is 17.9. The predicted octanol–water partition coefficient (Wildman–Crippen LogP) is 5.00. The van der Waals surface area contributed by atoms with Crippen LogP contribution in [0.25, 0.3) is 10.8 Å². The van der Waals surface area contributed by atoms with Crippen molar-refractivity contribution >= 4 is 33.4 Å². The number of anilines is 1. The summed E-state index contributed by atoms with van der Waals surface area (Å²) in [5.74, 6) is 0.332. The minimum Gasteiger partial charge on any atom is -0.487 e. The summed E-state index contributed by atoms with van der Waals surface area (Å²) in [7, 11) is -3.39. The fourth-order valence-electron chi connectivity index (χ4n) is 4.13. The van der Waals surface area contributed by atoms with Crippen molar-refractivity contribution in [1.82, 2.24) is 4.72 Å². The lowest BCUT2D eigenvalue weighted by Gasteiger charge is -2.37. The summed E-state index contributed by atoms with van der Waals surface area (Å²) in [5.41, 5.74) is 2.61. The minimum atomic E-state index is -3.39. The summed E-state index contributed by atoms with van der Waals surface area (Å²) >= 11 is 0. The molecule has 4 rings (SSSR count). The van der Waals surface area contributed by atoms with Gasteiger partial charge in [0.05, 0.1) is 13.2 Å². The zero-order chi connectivity index (χ0) is 24.8. The Labute approximate surface area is 207 Å². The molecular formula is C26H32N2O6S. The number of nitrogens with zero attached hydrogens (tertiary/aromatic N) is 1. The highest BCUT2D eigenvalue weighted by Crippen LogP contribution is 2.50. The van der Waals surface area contributed by atoms with Gasteiger partial charge in [0.2, 0.25) is 0 Å². The number of esters is 1. The highest BCUT2D eigenvalue weighted by Gasteiger charge is 2.36. The van der Waals surface area contributed by atoms with E-state index in [4.69, 9.17) is 9.47 Å². The number of β-amino-alcohol motifs (C(OH)–C–C–N with tert-alkyl or cyclic N) is 1. The van der Waals surface area contributed by atoms with E-state index in [0.29, 0.717) is 31.1 Å². The lowest BCUT2D eigenvalue weighted by Crippen LogP contribution is -2.26. The predicted molar refractivity (Wildman–Crippen MR) is 138 cm³/mol. The van der Waals surface area contributed by atoms with Crippen molar-refractivity contribution in [2.75, 3.05) is 17.5 Å². The molecule has 188 valence electrons. The highest BCUT2D eigenvalue weighted by atomic mass is 32.3. The topological polar surface area (TPSA) is 111 Å². The first kappa shape index (κ1) is 25.3. The van der Waals surface area contributed by atoms with Gasteiger partial charge in [-0.1, -0.05) is 59.5 Å². The van der Waals surface area contributed by atoms with Crippen LogP contribution in [0.3, 0.4) is 0 Å². The molecule has 35 heavy (non-hydrogen) atoms. The Morgan fingerprint density at radius 1 is 1.06 bits per heavy atom. The van der Waals surface area contributed by atoms with E-state index in [-0.39, 0.29) is 12.5 Å². The van der Waals surface area contributed by atoms with Crippen LogP contribution in [0.5, 0.6) is 5.75 Å². The van der Waals surface area contributed by atoms with Crippen molar-refractivity contribution in [1.29, 1.82) is 0 Å². The quantitative estimate of drug-likeness (QED) is 0.227. The van der Waals surface area contributed by atoms with E-state index in [0.717, 1.165) is 41.2 Å². The Morgan fingerprint density at radius 3 is 2.57 bits per heavy atom. The molecule has 0 amide bonds. The van der Waals surface area contributed by atoms with Crippen LogP contribution in [0.15, 0.2) is 60.7 Å². The van der Waals surface area contributed by atoms with Gasteiger partial charge in [0.25, 0.3) is 0 Å². The molecule has 0 saturated carbocycles. The fourth-order valence-corrected chi connectivity index (χ4v) is 5.46. The molecule has 0 aromatic heterocycles.